The Morgan fingerprint density at radius 3 is 1.96 bits per heavy atom. The number of esters is 2. The molecule has 0 saturated carbocycles. The van der Waals surface area contributed by atoms with Crippen LogP contribution >= 0.6 is 0 Å². The van der Waals surface area contributed by atoms with E-state index in [4.69, 9.17) is 32.5 Å². The lowest BCUT2D eigenvalue weighted by Crippen LogP contribution is -2.66. The summed E-state index contributed by atoms with van der Waals surface area (Å²) in [6.07, 6.45) is 9.40. The van der Waals surface area contributed by atoms with Gasteiger partial charge in [0.1, 0.15) is 24.6 Å². The third kappa shape index (κ3) is 14.4. The van der Waals surface area contributed by atoms with E-state index in [1.165, 1.54) is 17.3 Å². The normalized spacial score (nSPS) is 22.7. The number of carbonyl (C=O) groups excluding carboxylic acids is 3. The zero-order valence-electron chi connectivity index (χ0n) is 43.7. The molecular formula is C55H86O10Si2. The summed E-state index contributed by atoms with van der Waals surface area (Å²) in [6.45, 7) is 29.6. The second-order valence-electron chi connectivity index (χ2n) is 21.9. The van der Waals surface area contributed by atoms with Crippen LogP contribution in [0.2, 0.25) is 21.7 Å². The predicted molar refractivity (Wildman–Crippen MR) is 274 cm³/mol. The molecule has 0 bridgehead atoms. The fraction of sp³-hybridized carbons (Fsp3) is 0.655. The number of ether oxygens (including phenoxy) is 5. The number of allylic oxidation sites excluding steroid dienone is 1. The number of methoxy groups -OCH3 is 1. The van der Waals surface area contributed by atoms with Crippen LogP contribution in [0.4, 0.5) is 0 Å². The van der Waals surface area contributed by atoms with Crippen molar-refractivity contribution < 1.29 is 46.9 Å². The van der Waals surface area contributed by atoms with E-state index < -0.39 is 64.1 Å². The maximum absolute atomic E-state index is 13.9. The van der Waals surface area contributed by atoms with Crippen LogP contribution in [-0.2, 0) is 46.9 Å². The fourth-order valence-corrected chi connectivity index (χ4v) is 20.6. The highest BCUT2D eigenvalue weighted by Gasteiger charge is 2.52. The number of unbranched alkanes of at least 4 members (excludes halogenated alkanes) is 1. The number of carbonyl (C=O) groups is 3. The molecular weight excluding hydrogens is 877 g/mol. The molecule has 0 unspecified atom stereocenters. The summed E-state index contributed by atoms with van der Waals surface area (Å²) < 4.78 is 45.4. The molecule has 0 radical (unpaired) electrons. The van der Waals surface area contributed by atoms with Gasteiger partial charge in [-0.05, 0) is 72.1 Å². The molecule has 0 spiro atoms. The van der Waals surface area contributed by atoms with Crippen molar-refractivity contribution in [1.29, 1.82) is 0 Å². The first-order valence-corrected chi connectivity index (χ1v) is 29.0. The zero-order valence-corrected chi connectivity index (χ0v) is 45.7. The van der Waals surface area contributed by atoms with Crippen LogP contribution in [0, 0.1) is 11.3 Å². The smallest absolute Gasteiger partial charge is 0.311 e. The van der Waals surface area contributed by atoms with Crippen LogP contribution in [0.15, 0.2) is 85.0 Å². The molecule has 7 atom stereocenters. The molecule has 1 saturated heterocycles. The standard InChI is InChI=1S/C55H86O10Si2/c1-39(2)66(40(3)4,41(5)6)65-51(38-60-52(58)53(9,10)11)50-37-49(62-43(8)56)48(63-50)36-42(7)47(57)32-34-55(59-15)33-25-27-44(64-55)26-19-18-24-35-61-67(54(12,13)14,45-28-20-16-21-29-45)46-30-22-17-23-31-46/h16-17,19-23,25-31,39-42,44,48-51H,18,24,32-38H2,1-15H3/b26-19+/t42-,44-,48-,49-,50+,51+,55-/m1/s1. The second-order valence-corrected chi connectivity index (χ2v) is 31.6. The van der Waals surface area contributed by atoms with Crippen LogP contribution in [0.25, 0.3) is 0 Å². The Bertz CT molecular complexity index is 1860. The van der Waals surface area contributed by atoms with Gasteiger partial charge in [-0.15, -0.1) is 0 Å². The van der Waals surface area contributed by atoms with E-state index in [0.717, 1.165) is 12.8 Å². The van der Waals surface area contributed by atoms with Gasteiger partial charge in [0.05, 0.1) is 23.7 Å². The Hall–Kier alpha value is -3.24. The molecule has 0 N–H and O–H groups in total. The highest BCUT2D eigenvalue weighted by molar-refractivity contribution is 6.99. The minimum Gasteiger partial charge on any atom is -0.462 e. The molecule has 1 fully saturated rings. The Labute approximate surface area is 406 Å². The molecule has 2 aliphatic heterocycles. The molecule has 2 aromatic rings. The van der Waals surface area contributed by atoms with E-state index in [0.29, 0.717) is 32.3 Å². The van der Waals surface area contributed by atoms with Gasteiger partial charge in [-0.25, -0.2) is 0 Å². The van der Waals surface area contributed by atoms with Crippen molar-refractivity contribution in [2.45, 2.75) is 200 Å². The Balaban J connectivity index is 1.39. The third-order valence-corrected chi connectivity index (χ3v) is 25.1. The molecule has 4 rings (SSSR count). The first-order valence-electron chi connectivity index (χ1n) is 24.9. The van der Waals surface area contributed by atoms with Crippen molar-refractivity contribution in [2.24, 2.45) is 11.3 Å². The van der Waals surface area contributed by atoms with Crippen LogP contribution in [0.5, 0.6) is 0 Å². The quantitative estimate of drug-likeness (QED) is 0.0436. The highest BCUT2D eigenvalue weighted by Crippen LogP contribution is 2.45. The van der Waals surface area contributed by atoms with Crippen molar-refractivity contribution in [3.05, 3.63) is 85.0 Å². The lowest BCUT2D eigenvalue weighted by atomic mass is 9.91. The summed E-state index contributed by atoms with van der Waals surface area (Å²) in [5.74, 6) is -2.03. The Morgan fingerprint density at radius 2 is 1.45 bits per heavy atom. The molecule has 67 heavy (non-hydrogen) atoms. The second kappa shape index (κ2) is 24.5. The summed E-state index contributed by atoms with van der Waals surface area (Å²) in [5, 5.41) is 2.46. The highest BCUT2D eigenvalue weighted by atomic mass is 28.4. The third-order valence-electron chi connectivity index (χ3n) is 14.0. The van der Waals surface area contributed by atoms with Crippen molar-refractivity contribution in [3.63, 3.8) is 0 Å². The zero-order chi connectivity index (χ0) is 49.8. The minimum atomic E-state index is -2.60. The van der Waals surface area contributed by atoms with E-state index in [1.807, 2.05) is 33.8 Å². The van der Waals surface area contributed by atoms with E-state index in [1.54, 1.807) is 7.11 Å². The van der Waals surface area contributed by atoms with Crippen molar-refractivity contribution in [3.8, 4) is 0 Å². The Kier molecular flexibility index (Phi) is 20.6. The maximum Gasteiger partial charge on any atom is 0.311 e. The number of ketones is 1. The van der Waals surface area contributed by atoms with E-state index in [9.17, 15) is 14.4 Å². The lowest BCUT2D eigenvalue weighted by molar-refractivity contribution is -0.237. The summed E-state index contributed by atoms with van der Waals surface area (Å²) in [6, 6.07) is 21.4. The van der Waals surface area contributed by atoms with Gasteiger partial charge >= 0.3 is 11.9 Å². The summed E-state index contributed by atoms with van der Waals surface area (Å²) in [5.41, 5.74) is 0.157. The van der Waals surface area contributed by atoms with Crippen LogP contribution < -0.4 is 10.4 Å². The first-order chi connectivity index (χ1) is 31.4. The largest absolute Gasteiger partial charge is 0.462 e. The summed E-state index contributed by atoms with van der Waals surface area (Å²) in [4.78, 5) is 39.4. The molecule has 0 amide bonds. The average Bonchev–Trinajstić information content (AvgIpc) is 3.65. The summed E-state index contributed by atoms with van der Waals surface area (Å²) >= 11 is 0. The van der Waals surface area contributed by atoms with Crippen molar-refractivity contribution >= 4 is 44.7 Å². The van der Waals surface area contributed by atoms with Crippen LogP contribution in [0.1, 0.15) is 142 Å². The Morgan fingerprint density at radius 1 is 0.866 bits per heavy atom. The molecule has 2 heterocycles. The lowest BCUT2D eigenvalue weighted by Gasteiger charge is -2.45. The van der Waals surface area contributed by atoms with Gasteiger partial charge in [-0.3, -0.25) is 14.4 Å². The molecule has 0 aliphatic carbocycles. The number of Topliss-reactive ketones (excluding diaryl/α,β-unsaturated/α-hetero) is 1. The van der Waals surface area contributed by atoms with Gasteiger partial charge in [0.15, 0.2) is 5.79 Å². The fourth-order valence-electron chi connectivity index (χ4n) is 10.5. The van der Waals surface area contributed by atoms with Gasteiger partial charge < -0.3 is 32.5 Å². The number of benzene rings is 2. The number of rotatable bonds is 24. The van der Waals surface area contributed by atoms with Gasteiger partial charge in [0.2, 0.25) is 8.32 Å². The van der Waals surface area contributed by atoms with Crippen molar-refractivity contribution in [2.75, 3.05) is 20.3 Å². The average molecular weight is 963 g/mol. The van der Waals surface area contributed by atoms with E-state index >= 15 is 0 Å². The topological polar surface area (TPSA) is 116 Å². The van der Waals surface area contributed by atoms with E-state index in [2.05, 4.69) is 141 Å². The molecule has 10 nitrogen and oxygen atoms in total. The first kappa shape index (κ1) is 56.4. The minimum absolute atomic E-state index is 0.0246. The number of hydrogen-bond acceptors (Lipinski definition) is 10. The van der Waals surface area contributed by atoms with E-state index in [-0.39, 0.29) is 52.5 Å². The monoisotopic (exact) mass is 963 g/mol. The van der Waals surface area contributed by atoms with Gasteiger partial charge in [0, 0.05) is 52.2 Å². The molecule has 0 aromatic heterocycles. The molecule has 12 heteroatoms. The van der Waals surface area contributed by atoms with Crippen LogP contribution in [-0.4, -0.2) is 91.0 Å². The molecule has 2 aromatic carbocycles. The maximum atomic E-state index is 13.9. The van der Waals surface area contributed by atoms with Gasteiger partial charge in [0.25, 0.3) is 8.32 Å². The molecule has 2 aliphatic rings. The predicted octanol–water partition coefficient (Wildman–Crippen LogP) is 11.2. The van der Waals surface area contributed by atoms with Crippen molar-refractivity contribution in [1.82, 2.24) is 0 Å². The SMILES string of the molecule is CO[C@]1(CCC(=O)[C@H](C)C[C@H]2O[C@H]([C@H](COC(=O)C(C)(C)C)O[Si](C(C)C)(C(C)C)C(C)C)C[C@H]2OC(C)=O)CC=C[C@@H](/C=C/CCCO[Si](c2ccccc2)(c2ccccc2)C(C)(C)C)O1. The van der Waals surface area contributed by atoms with Gasteiger partial charge in [-0.1, -0.05) is 154 Å². The van der Waals surface area contributed by atoms with Gasteiger partial charge in [-0.2, -0.15) is 0 Å². The molecule has 374 valence electrons. The summed E-state index contributed by atoms with van der Waals surface area (Å²) in [7, 11) is -3.43. The van der Waals surface area contributed by atoms with Crippen LogP contribution in [0.3, 0.4) is 0 Å². The number of hydrogen-bond donors (Lipinski definition) is 0.